The molecule has 0 aliphatic rings. The Kier molecular flexibility index (Phi) is 3.35. The number of nitrogens with zero attached hydrogens (tertiary/aromatic N) is 1. The minimum absolute atomic E-state index is 0.237. The smallest absolute Gasteiger partial charge is 0.274 e. The standard InChI is InChI=1S/C13H12N2O2/c1-17-11-7-8-12(14-9-11)13(16)15-10-5-3-2-4-6-10/h2-9H,1H3,(H,15,16). The molecule has 0 unspecified atom stereocenters. The summed E-state index contributed by atoms with van der Waals surface area (Å²) in [6, 6.07) is 12.6. The van der Waals surface area contributed by atoms with Crippen LogP contribution in [-0.4, -0.2) is 18.0 Å². The Morgan fingerprint density at radius 1 is 1.18 bits per heavy atom. The van der Waals surface area contributed by atoms with Crippen molar-refractivity contribution in [1.82, 2.24) is 4.98 Å². The molecule has 1 N–H and O–H groups in total. The van der Waals surface area contributed by atoms with Gasteiger partial charge in [-0.3, -0.25) is 4.79 Å². The highest BCUT2D eigenvalue weighted by atomic mass is 16.5. The number of rotatable bonds is 3. The molecule has 1 aromatic heterocycles. The number of carbonyl (C=O) groups excluding carboxylic acids is 1. The second kappa shape index (κ2) is 5.12. The molecule has 4 heteroatoms. The van der Waals surface area contributed by atoms with Gasteiger partial charge in [0, 0.05) is 5.69 Å². The minimum atomic E-state index is -0.237. The number of methoxy groups -OCH3 is 1. The van der Waals surface area contributed by atoms with Gasteiger partial charge in [-0.25, -0.2) is 4.98 Å². The van der Waals surface area contributed by atoms with Crippen LogP contribution in [0.2, 0.25) is 0 Å². The summed E-state index contributed by atoms with van der Waals surface area (Å²) < 4.78 is 4.97. The van der Waals surface area contributed by atoms with Gasteiger partial charge >= 0.3 is 0 Å². The molecule has 2 rings (SSSR count). The fraction of sp³-hybridized carbons (Fsp3) is 0.0769. The number of pyridine rings is 1. The number of ether oxygens (including phenoxy) is 1. The van der Waals surface area contributed by atoms with Crippen LogP contribution in [-0.2, 0) is 0 Å². The highest BCUT2D eigenvalue weighted by molar-refractivity contribution is 6.02. The van der Waals surface area contributed by atoms with E-state index in [0.29, 0.717) is 11.4 Å². The lowest BCUT2D eigenvalue weighted by molar-refractivity contribution is 0.102. The maximum atomic E-state index is 11.8. The zero-order chi connectivity index (χ0) is 12.1. The van der Waals surface area contributed by atoms with Gasteiger partial charge in [-0.1, -0.05) is 18.2 Å². The molecule has 2 aromatic rings. The SMILES string of the molecule is COc1ccc(C(=O)Nc2ccccc2)nc1. The average molecular weight is 228 g/mol. The topological polar surface area (TPSA) is 51.2 Å². The van der Waals surface area contributed by atoms with Gasteiger partial charge in [-0.05, 0) is 24.3 Å². The summed E-state index contributed by atoms with van der Waals surface area (Å²) in [6.07, 6.45) is 1.51. The summed E-state index contributed by atoms with van der Waals surface area (Å²) in [5.74, 6) is 0.389. The van der Waals surface area contributed by atoms with Crippen molar-refractivity contribution in [2.24, 2.45) is 0 Å². The van der Waals surface area contributed by atoms with Gasteiger partial charge in [0.1, 0.15) is 11.4 Å². The molecule has 0 spiro atoms. The predicted octanol–water partition coefficient (Wildman–Crippen LogP) is 2.34. The van der Waals surface area contributed by atoms with Crippen molar-refractivity contribution in [3.05, 3.63) is 54.4 Å². The fourth-order valence-corrected chi connectivity index (χ4v) is 1.35. The number of hydrogen-bond donors (Lipinski definition) is 1. The highest BCUT2D eigenvalue weighted by Gasteiger charge is 2.07. The van der Waals surface area contributed by atoms with Gasteiger partial charge in [-0.2, -0.15) is 0 Å². The van der Waals surface area contributed by atoms with E-state index in [1.54, 1.807) is 19.2 Å². The molecule has 86 valence electrons. The summed E-state index contributed by atoms with van der Waals surface area (Å²) in [5.41, 5.74) is 1.10. The number of benzene rings is 1. The van der Waals surface area contributed by atoms with E-state index in [1.165, 1.54) is 6.20 Å². The van der Waals surface area contributed by atoms with Crippen molar-refractivity contribution in [2.45, 2.75) is 0 Å². The van der Waals surface area contributed by atoms with Gasteiger partial charge in [0.05, 0.1) is 13.3 Å². The van der Waals surface area contributed by atoms with Crippen LogP contribution in [0.4, 0.5) is 5.69 Å². The molecule has 4 nitrogen and oxygen atoms in total. The Hall–Kier alpha value is -2.36. The first kappa shape index (κ1) is 11.1. The van der Waals surface area contributed by atoms with E-state index in [-0.39, 0.29) is 5.91 Å². The molecule has 0 aliphatic heterocycles. The first-order valence-corrected chi connectivity index (χ1v) is 5.16. The molecule has 0 aliphatic carbocycles. The Bertz CT molecular complexity index is 495. The monoisotopic (exact) mass is 228 g/mol. The Morgan fingerprint density at radius 2 is 1.94 bits per heavy atom. The summed E-state index contributed by atoms with van der Waals surface area (Å²) in [6.45, 7) is 0. The molecule has 0 bridgehead atoms. The summed E-state index contributed by atoms with van der Waals surface area (Å²) in [7, 11) is 1.56. The van der Waals surface area contributed by atoms with Gasteiger partial charge < -0.3 is 10.1 Å². The Labute approximate surface area is 99.3 Å². The fourth-order valence-electron chi connectivity index (χ4n) is 1.35. The van der Waals surface area contributed by atoms with Crippen molar-refractivity contribution in [1.29, 1.82) is 0 Å². The molecule has 0 fully saturated rings. The molecular formula is C13H12N2O2. The molecule has 0 saturated heterocycles. The first-order valence-electron chi connectivity index (χ1n) is 5.16. The van der Waals surface area contributed by atoms with Crippen molar-refractivity contribution in [3.63, 3.8) is 0 Å². The summed E-state index contributed by atoms with van der Waals surface area (Å²) in [5, 5.41) is 2.75. The maximum absolute atomic E-state index is 11.8. The normalized spacial score (nSPS) is 9.71. The van der Waals surface area contributed by atoms with E-state index in [9.17, 15) is 4.79 Å². The lowest BCUT2D eigenvalue weighted by atomic mass is 10.3. The zero-order valence-corrected chi connectivity index (χ0v) is 9.38. The van der Waals surface area contributed by atoms with Crippen LogP contribution in [0.1, 0.15) is 10.5 Å². The van der Waals surface area contributed by atoms with Crippen LogP contribution in [0.15, 0.2) is 48.7 Å². The highest BCUT2D eigenvalue weighted by Crippen LogP contribution is 2.10. The van der Waals surface area contributed by atoms with Crippen molar-refractivity contribution in [3.8, 4) is 5.75 Å². The summed E-state index contributed by atoms with van der Waals surface area (Å²) in [4.78, 5) is 15.8. The number of carbonyl (C=O) groups is 1. The van der Waals surface area contributed by atoms with E-state index >= 15 is 0 Å². The number of hydrogen-bond acceptors (Lipinski definition) is 3. The number of anilines is 1. The minimum Gasteiger partial charge on any atom is -0.495 e. The van der Waals surface area contributed by atoms with Crippen LogP contribution in [0.5, 0.6) is 5.75 Å². The van der Waals surface area contributed by atoms with Crippen molar-refractivity contribution in [2.75, 3.05) is 12.4 Å². The van der Waals surface area contributed by atoms with E-state index in [2.05, 4.69) is 10.3 Å². The molecule has 0 atom stereocenters. The van der Waals surface area contributed by atoms with Gasteiger partial charge in [-0.15, -0.1) is 0 Å². The lowest BCUT2D eigenvalue weighted by Crippen LogP contribution is -2.13. The third-order valence-corrected chi connectivity index (χ3v) is 2.24. The number of nitrogens with one attached hydrogen (secondary N) is 1. The molecule has 1 heterocycles. The van der Waals surface area contributed by atoms with E-state index in [1.807, 2.05) is 30.3 Å². The van der Waals surface area contributed by atoms with Crippen LogP contribution in [0, 0.1) is 0 Å². The first-order chi connectivity index (χ1) is 8.29. The molecule has 17 heavy (non-hydrogen) atoms. The van der Waals surface area contributed by atoms with Crippen LogP contribution < -0.4 is 10.1 Å². The second-order valence-electron chi connectivity index (χ2n) is 3.40. The molecule has 0 saturated carbocycles. The van der Waals surface area contributed by atoms with E-state index in [4.69, 9.17) is 4.74 Å². The Morgan fingerprint density at radius 3 is 2.53 bits per heavy atom. The molecule has 1 amide bonds. The quantitative estimate of drug-likeness (QED) is 0.877. The van der Waals surface area contributed by atoms with Crippen molar-refractivity contribution < 1.29 is 9.53 Å². The zero-order valence-electron chi connectivity index (χ0n) is 9.38. The van der Waals surface area contributed by atoms with Crippen LogP contribution in [0.25, 0.3) is 0 Å². The number of para-hydroxylation sites is 1. The van der Waals surface area contributed by atoms with Crippen molar-refractivity contribution >= 4 is 11.6 Å². The van der Waals surface area contributed by atoms with Gasteiger partial charge in [0.15, 0.2) is 0 Å². The second-order valence-corrected chi connectivity index (χ2v) is 3.40. The molecule has 1 aromatic carbocycles. The Balaban J connectivity index is 2.09. The van der Waals surface area contributed by atoms with Crippen LogP contribution in [0.3, 0.4) is 0 Å². The third-order valence-electron chi connectivity index (χ3n) is 2.24. The average Bonchev–Trinajstić information content (AvgIpc) is 2.40. The van der Waals surface area contributed by atoms with Crippen LogP contribution >= 0.6 is 0 Å². The van der Waals surface area contributed by atoms with Gasteiger partial charge in [0.25, 0.3) is 5.91 Å². The van der Waals surface area contributed by atoms with E-state index in [0.717, 1.165) is 5.69 Å². The van der Waals surface area contributed by atoms with Gasteiger partial charge in [0.2, 0.25) is 0 Å². The summed E-state index contributed by atoms with van der Waals surface area (Å²) >= 11 is 0. The maximum Gasteiger partial charge on any atom is 0.274 e. The third kappa shape index (κ3) is 2.81. The molecular weight excluding hydrogens is 216 g/mol. The molecule has 0 radical (unpaired) electrons. The predicted molar refractivity (Wildman–Crippen MR) is 65.2 cm³/mol. The lowest BCUT2D eigenvalue weighted by Gasteiger charge is -2.04. The number of amides is 1. The largest absolute Gasteiger partial charge is 0.495 e. The number of aromatic nitrogens is 1. The van der Waals surface area contributed by atoms with E-state index < -0.39 is 0 Å².